The van der Waals surface area contributed by atoms with Crippen molar-refractivity contribution in [2.24, 2.45) is 0 Å². The number of nitrogens with zero attached hydrogens (tertiary/aromatic N) is 2. The Morgan fingerprint density at radius 3 is 2.89 bits per heavy atom. The summed E-state index contributed by atoms with van der Waals surface area (Å²) in [6.45, 7) is 3.07. The van der Waals surface area contributed by atoms with Gasteiger partial charge in [-0.2, -0.15) is 0 Å². The lowest BCUT2D eigenvalue weighted by Gasteiger charge is -2.26. The highest BCUT2D eigenvalue weighted by molar-refractivity contribution is 5.97. The summed E-state index contributed by atoms with van der Waals surface area (Å²) in [5.74, 6) is -0.193. The van der Waals surface area contributed by atoms with Crippen LogP contribution in [-0.2, 0) is 9.59 Å². The SMILES string of the molecule is O=C1CCCN1C(=O)CN(CCO)CC1CCCN1. The van der Waals surface area contributed by atoms with Crippen LogP contribution in [0.15, 0.2) is 0 Å². The van der Waals surface area contributed by atoms with Crippen molar-refractivity contribution in [3.63, 3.8) is 0 Å². The van der Waals surface area contributed by atoms with E-state index in [0.29, 0.717) is 25.6 Å². The first-order valence-corrected chi connectivity index (χ1v) is 7.10. The molecule has 0 aromatic heterocycles. The van der Waals surface area contributed by atoms with Gasteiger partial charge in [0.15, 0.2) is 0 Å². The minimum atomic E-state index is -0.131. The lowest BCUT2D eigenvalue weighted by Crippen LogP contribution is -2.45. The Labute approximate surface area is 113 Å². The number of hydrogen-bond donors (Lipinski definition) is 2. The Balaban J connectivity index is 1.84. The van der Waals surface area contributed by atoms with Crippen molar-refractivity contribution < 1.29 is 14.7 Å². The lowest BCUT2D eigenvalue weighted by molar-refractivity contribution is -0.142. The Bertz CT molecular complexity index is 329. The maximum absolute atomic E-state index is 12.1. The predicted octanol–water partition coefficient (Wildman–Crippen LogP) is -0.818. The van der Waals surface area contributed by atoms with E-state index < -0.39 is 0 Å². The average molecular weight is 269 g/mol. The van der Waals surface area contributed by atoms with Crippen LogP contribution in [0.5, 0.6) is 0 Å². The number of amides is 2. The molecule has 0 spiro atoms. The van der Waals surface area contributed by atoms with Gasteiger partial charge in [0.1, 0.15) is 0 Å². The lowest BCUT2D eigenvalue weighted by atomic mass is 10.2. The second kappa shape index (κ2) is 6.98. The Morgan fingerprint density at radius 1 is 1.47 bits per heavy atom. The highest BCUT2D eigenvalue weighted by Crippen LogP contribution is 2.11. The fourth-order valence-corrected chi connectivity index (χ4v) is 2.79. The van der Waals surface area contributed by atoms with Crippen LogP contribution in [-0.4, -0.2) is 72.1 Å². The van der Waals surface area contributed by atoms with Gasteiger partial charge in [-0.15, -0.1) is 0 Å². The smallest absolute Gasteiger partial charge is 0.243 e. The van der Waals surface area contributed by atoms with Gasteiger partial charge in [0, 0.05) is 32.1 Å². The van der Waals surface area contributed by atoms with E-state index in [4.69, 9.17) is 5.11 Å². The van der Waals surface area contributed by atoms with Gasteiger partial charge in [-0.25, -0.2) is 0 Å². The molecular formula is C13H23N3O3. The predicted molar refractivity (Wildman–Crippen MR) is 70.5 cm³/mol. The molecule has 0 aliphatic carbocycles. The largest absolute Gasteiger partial charge is 0.395 e. The number of aliphatic hydroxyl groups is 1. The highest BCUT2D eigenvalue weighted by atomic mass is 16.3. The molecule has 2 saturated heterocycles. The Morgan fingerprint density at radius 2 is 2.32 bits per heavy atom. The normalized spacial score (nSPS) is 23.6. The number of rotatable bonds is 6. The van der Waals surface area contributed by atoms with Crippen LogP contribution in [0.25, 0.3) is 0 Å². The van der Waals surface area contributed by atoms with E-state index in [2.05, 4.69) is 5.32 Å². The summed E-state index contributed by atoms with van der Waals surface area (Å²) in [5, 5.41) is 12.5. The fraction of sp³-hybridized carbons (Fsp3) is 0.846. The van der Waals surface area contributed by atoms with Gasteiger partial charge < -0.3 is 10.4 Å². The van der Waals surface area contributed by atoms with Gasteiger partial charge in [-0.05, 0) is 25.8 Å². The van der Waals surface area contributed by atoms with Gasteiger partial charge in [0.25, 0.3) is 0 Å². The average Bonchev–Trinajstić information content (AvgIpc) is 3.00. The van der Waals surface area contributed by atoms with Crippen LogP contribution in [0.1, 0.15) is 25.7 Å². The molecule has 6 nitrogen and oxygen atoms in total. The van der Waals surface area contributed by atoms with Crippen molar-refractivity contribution in [2.45, 2.75) is 31.7 Å². The van der Waals surface area contributed by atoms with Gasteiger partial charge in [-0.1, -0.05) is 0 Å². The molecule has 2 rings (SSSR count). The quantitative estimate of drug-likeness (QED) is 0.659. The van der Waals surface area contributed by atoms with Crippen LogP contribution in [0.3, 0.4) is 0 Å². The van der Waals surface area contributed by atoms with Crippen LogP contribution in [0, 0.1) is 0 Å². The summed E-state index contributed by atoms with van der Waals surface area (Å²) in [5.41, 5.74) is 0. The van der Waals surface area contributed by atoms with Crippen LogP contribution >= 0.6 is 0 Å². The number of carbonyl (C=O) groups excluding carboxylic acids is 2. The summed E-state index contributed by atoms with van der Waals surface area (Å²) < 4.78 is 0. The molecule has 2 aliphatic rings. The van der Waals surface area contributed by atoms with E-state index >= 15 is 0 Å². The van der Waals surface area contributed by atoms with Gasteiger partial charge >= 0.3 is 0 Å². The van der Waals surface area contributed by atoms with Crippen LogP contribution < -0.4 is 5.32 Å². The highest BCUT2D eigenvalue weighted by Gasteiger charge is 2.28. The topological polar surface area (TPSA) is 72.9 Å². The van der Waals surface area contributed by atoms with Crippen molar-refractivity contribution in [3.05, 3.63) is 0 Å². The first-order chi connectivity index (χ1) is 9.20. The summed E-state index contributed by atoms with van der Waals surface area (Å²) >= 11 is 0. The zero-order valence-corrected chi connectivity index (χ0v) is 11.3. The Hall–Kier alpha value is -0.980. The molecule has 0 saturated carbocycles. The maximum atomic E-state index is 12.1. The van der Waals surface area contributed by atoms with E-state index in [1.54, 1.807) is 0 Å². The van der Waals surface area contributed by atoms with Gasteiger partial charge in [0.2, 0.25) is 11.8 Å². The first-order valence-electron chi connectivity index (χ1n) is 7.10. The van der Waals surface area contributed by atoms with Crippen LogP contribution in [0.4, 0.5) is 0 Å². The molecule has 108 valence electrons. The zero-order valence-electron chi connectivity index (χ0n) is 11.3. The van der Waals surface area contributed by atoms with Crippen molar-refractivity contribution in [1.82, 2.24) is 15.1 Å². The summed E-state index contributed by atoms with van der Waals surface area (Å²) in [7, 11) is 0. The molecule has 2 N–H and O–H groups in total. The molecule has 1 atom stereocenters. The number of nitrogens with one attached hydrogen (secondary N) is 1. The van der Waals surface area contributed by atoms with Crippen molar-refractivity contribution in [1.29, 1.82) is 0 Å². The molecule has 19 heavy (non-hydrogen) atoms. The molecule has 2 heterocycles. The van der Waals surface area contributed by atoms with Gasteiger partial charge in [0.05, 0.1) is 13.2 Å². The molecule has 6 heteroatoms. The summed E-state index contributed by atoms with van der Waals surface area (Å²) in [6, 6.07) is 0.397. The molecule has 2 fully saturated rings. The molecule has 2 amide bonds. The number of aliphatic hydroxyl groups excluding tert-OH is 1. The zero-order chi connectivity index (χ0) is 13.7. The van der Waals surface area contributed by atoms with E-state index in [-0.39, 0.29) is 25.0 Å². The van der Waals surface area contributed by atoms with E-state index in [1.165, 1.54) is 4.90 Å². The van der Waals surface area contributed by atoms with Crippen molar-refractivity contribution >= 4 is 11.8 Å². The molecule has 0 aromatic carbocycles. The third kappa shape index (κ3) is 3.99. The van der Waals surface area contributed by atoms with Gasteiger partial charge in [-0.3, -0.25) is 19.4 Å². The Kier molecular flexibility index (Phi) is 5.30. The van der Waals surface area contributed by atoms with Crippen LogP contribution in [0.2, 0.25) is 0 Å². The maximum Gasteiger partial charge on any atom is 0.243 e. The van der Waals surface area contributed by atoms with Crippen molar-refractivity contribution in [3.8, 4) is 0 Å². The first kappa shape index (κ1) is 14.4. The second-order valence-electron chi connectivity index (χ2n) is 5.29. The monoisotopic (exact) mass is 269 g/mol. The summed E-state index contributed by atoms with van der Waals surface area (Å²) in [4.78, 5) is 26.9. The van der Waals surface area contributed by atoms with E-state index in [9.17, 15) is 9.59 Å². The number of likely N-dealkylation sites (tertiary alicyclic amines) is 1. The van der Waals surface area contributed by atoms with E-state index in [1.807, 2.05) is 4.90 Å². The third-order valence-corrected chi connectivity index (χ3v) is 3.79. The number of carbonyl (C=O) groups is 2. The molecule has 0 radical (unpaired) electrons. The number of imide groups is 1. The molecule has 0 aromatic rings. The fourth-order valence-electron chi connectivity index (χ4n) is 2.79. The molecule has 1 unspecified atom stereocenters. The molecule has 0 bridgehead atoms. The van der Waals surface area contributed by atoms with Crippen molar-refractivity contribution in [2.75, 3.05) is 39.3 Å². The molecule has 2 aliphatic heterocycles. The standard InChI is InChI=1S/C13H23N3O3/c17-8-7-15(9-11-3-1-5-14-11)10-13(19)16-6-2-4-12(16)18/h11,14,17H,1-10H2. The van der Waals surface area contributed by atoms with E-state index in [0.717, 1.165) is 32.4 Å². The molecular weight excluding hydrogens is 246 g/mol. The minimum absolute atomic E-state index is 0.0357. The summed E-state index contributed by atoms with van der Waals surface area (Å²) in [6.07, 6.45) is 3.53. The minimum Gasteiger partial charge on any atom is -0.395 e. The number of hydrogen-bond acceptors (Lipinski definition) is 5. The second-order valence-corrected chi connectivity index (χ2v) is 5.29. The third-order valence-electron chi connectivity index (χ3n) is 3.79.